The molecule has 0 atom stereocenters. The second-order valence-corrected chi connectivity index (χ2v) is 5.85. The van der Waals surface area contributed by atoms with E-state index < -0.39 is 5.63 Å². The van der Waals surface area contributed by atoms with Gasteiger partial charge in [0, 0.05) is 17.1 Å². The summed E-state index contributed by atoms with van der Waals surface area (Å²) >= 11 is 0. The normalized spacial score (nSPS) is 10.8. The first-order valence-electron chi connectivity index (χ1n) is 7.93. The van der Waals surface area contributed by atoms with Gasteiger partial charge in [0.25, 0.3) is 5.91 Å². The third-order valence-electron chi connectivity index (χ3n) is 3.90. The van der Waals surface area contributed by atoms with Gasteiger partial charge in [-0.05, 0) is 43.3 Å². The molecule has 0 aliphatic heterocycles. The number of anilines is 1. The Balaban J connectivity index is 1.56. The summed E-state index contributed by atoms with van der Waals surface area (Å²) in [6, 6.07) is 15.7. The summed E-state index contributed by atoms with van der Waals surface area (Å²) in [5.74, 6) is -0.375. The number of rotatable bonds is 3. The van der Waals surface area contributed by atoms with E-state index in [0.717, 1.165) is 11.3 Å². The van der Waals surface area contributed by atoms with Crippen LogP contribution in [0.25, 0.3) is 16.7 Å². The van der Waals surface area contributed by atoms with Crippen LogP contribution in [0.15, 0.2) is 70.0 Å². The Kier molecular flexibility index (Phi) is 3.81. The van der Waals surface area contributed by atoms with Crippen LogP contribution in [0.1, 0.15) is 16.1 Å². The number of carbonyl (C=O) groups is 1. The van der Waals surface area contributed by atoms with Gasteiger partial charge in [-0.2, -0.15) is 0 Å². The van der Waals surface area contributed by atoms with Crippen LogP contribution in [0.2, 0.25) is 0 Å². The zero-order chi connectivity index (χ0) is 18.1. The van der Waals surface area contributed by atoms with Gasteiger partial charge >= 0.3 is 5.63 Å². The summed E-state index contributed by atoms with van der Waals surface area (Å²) in [5, 5.41) is 11.4. The predicted molar refractivity (Wildman–Crippen MR) is 96.5 cm³/mol. The predicted octanol–water partition coefficient (Wildman–Crippen LogP) is 2.93. The smallest absolute Gasteiger partial charge is 0.336 e. The molecular weight excluding hydrogens is 332 g/mol. The van der Waals surface area contributed by atoms with E-state index in [1.54, 1.807) is 35.1 Å². The van der Waals surface area contributed by atoms with E-state index in [1.165, 1.54) is 6.07 Å². The van der Waals surface area contributed by atoms with Gasteiger partial charge in [-0.3, -0.25) is 4.79 Å². The number of hydrogen-bond acceptors (Lipinski definition) is 5. The molecule has 1 amide bonds. The van der Waals surface area contributed by atoms with Crippen molar-refractivity contribution in [3.8, 4) is 5.69 Å². The molecule has 26 heavy (non-hydrogen) atoms. The van der Waals surface area contributed by atoms with Crippen molar-refractivity contribution in [1.29, 1.82) is 0 Å². The monoisotopic (exact) mass is 346 g/mol. The number of aromatic nitrogens is 3. The summed E-state index contributed by atoms with van der Waals surface area (Å²) in [7, 11) is 0. The van der Waals surface area contributed by atoms with Crippen molar-refractivity contribution in [1.82, 2.24) is 15.0 Å². The van der Waals surface area contributed by atoms with Crippen LogP contribution in [0.3, 0.4) is 0 Å². The Labute approximate surface area is 147 Å². The Morgan fingerprint density at radius 2 is 1.88 bits per heavy atom. The van der Waals surface area contributed by atoms with Gasteiger partial charge in [-0.25, -0.2) is 9.48 Å². The van der Waals surface area contributed by atoms with Crippen molar-refractivity contribution < 1.29 is 9.21 Å². The van der Waals surface area contributed by atoms with Crippen LogP contribution in [-0.2, 0) is 0 Å². The summed E-state index contributed by atoms with van der Waals surface area (Å²) in [5.41, 5.74) is 2.77. The van der Waals surface area contributed by atoms with Gasteiger partial charge in [0.05, 0.1) is 11.9 Å². The molecule has 1 N–H and O–H groups in total. The standard InChI is InChI=1S/C19H14N4O3/c1-12-2-6-15(7-3-12)23-11-16(21-22-23)19(25)20-14-5-8-17-13(10-14)4-9-18(24)26-17/h2-11H,1H3,(H,20,25). The molecule has 128 valence electrons. The third kappa shape index (κ3) is 3.10. The highest BCUT2D eigenvalue weighted by Gasteiger charge is 2.12. The lowest BCUT2D eigenvalue weighted by Crippen LogP contribution is -2.12. The summed E-state index contributed by atoms with van der Waals surface area (Å²) < 4.78 is 6.62. The Morgan fingerprint density at radius 3 is 2.69 bits per heavy atom. The molecular formula is C19H14N4O3. The molecule has 2 heterocycles. The largest absolute Gasteiger partial charge is 0.423 e. The maximum absolute atomic E-state index is 12.4. The van der Waals surface area contributed by atoms with Crippen LogP contribution in [0.5, 0.6) is 0 Å². The second-order valence-electron chi connectivity index (χ2n) is 5.85. The minimum Gasteiger partial charge on any atom is -0.423 e. The number of benzene rings is 2. The Morgan fingerprint density at radius 1 is 1.08 bits per heavy atom. The van der Waals surface area contributed by atoms with Gasteiger partial charge in [0.1, 0.15) is 5.58 Å². The molecule has 7 heteroatoms. The average Bonchev–Trinajstić information content (AvgIpc) is 3.13. The summed E-state index contributed by atoms with van der Waals surface area (Å²) in [6.07, 6.45) is 1.57. The minimum absolute atomic E-state index is 0.199. The molecule has 0 fully saturated rings. The van der Waals surface area contributed by atoms with E-state index in [0.29, 0.717) is 16.7 Å². The van der Waals surface area contributed by atoms with Crippen molar-refractivity contribution in [2.45, 2.75) is 6.92 Å². The van der Waals surface area contributed by atoms with Gasteiger partial charge in [0.15, 0.2) is 5.69 Å². The van der Waals surface area contributed by atoms with Crippen molar-refractivity contribution in [2.75, 3.05) is 5.32 Å². The average molecular weight is 346 g/mol. The first-order valence-corrected chi connectivity index (χ1v) is 7.93. The van der Waals surface area contributed by atoms with Gasteiger partial charge in [0.2, 0.25) is 0 Å². The molecule has 0 aliphatic rings. The number of hydrogen-bond donors (Lipinski definition) is 1. The first kappa shape index (κ1) is 15.8. The van der Waals surface area contributed by atoms with Crippen molar-refractivity contribution >= 4 is 22.6 Å². The van der Waals surface area contributed by atoms with E-state index in [1.807, 2.05) is 31.2 Å². The van der Waals surface area contributed by atoms with Crippen LogP contribution < -0.4 is 10.9 Å². The topological polar surface area (TPSA) is 90.0 Å². The van der Waals surface area contributed by atoms with E-state index in [2.05, 4.69) is 15.6 Å². The van der Waals surface area contributed by atoms with Crippen LogP contribution in [0.4, 0.5) is 5.69 Å². The highest BCUT2D eigenvalue weighted by Crippen LogP contribution is 2.18. The molecule has 2 aromatic carbocycles. The number of nitrogens with zero attached hydrogens (tertiary/aromatic N) is 3. The van der Waals surface area contributed by atoms with E-state index in [-0.39, 0.29) is 11.6 Å². The molecule has 2 aromatic heterocycles. The Hall–Kier alpha value is -3.74. The molecule has 0 saturated carbocycles. The number of nitrogens with one attached hydrogen (secondary N) is 1. The fourth-order valence-corrected chi connectivity index (χ4v) is 2.54. The molecule has 0 spiro atoms. The highest BCUT2D eigenvalue weighted by atomic mass is 16.4. The molecule has 4 rings (SSSR count). The van der Waals surface area contributed by atoms with Gasteiger partial charge in [-0.15, -0.1) is 5.10 Å². The maximum Gasteiger partial charge on any atom is 0.336 e. The second kappa shape index (κ2) is 6.29. The van der Waals surface area contributed by atoms with Crippen LogP contribution in [-0.4, -0.2) is 20.9 Å². The fraction of sp³-hybridized carbons (Fsp3) is 0.0526. The number of fused-ring (bicyclic) bond motifs is 1. The van der Waals surface area contributed by atoms with Crippen molar-refractivity contribution in [2.24, 2.45) is 0 Å². The SMILES string of the molecule is Cc1ccc(-n2cc(C(=O)Nc3ccc4oc(=O)ccc4c3)nn2)cc1. The summed E-state index contributed by atoms with van der Waals surface area (Å²) in [4.78, 5) is 23.6. The Bertz CT molecular complexity index is 1160. The lowest BCUT2D eigenvalue weighted by molar-refractivity contribution is 0.102. The van der Waals surface area contributed by atoms with E-state index >= 15 is 0 Å². The lowest BCUT2D eigenvalue weighted by Gasteiger charge is -2.04. The minimum atomic E-state index is -0.415. The molecule has 7 nitrogen and oxygen atoms in total. The van der Waals surface area contributed by atoms with E-state index in [4.69, 9.17) is 4.42 Å². The number of aryl methyl sites for hydroxylation is 1. The van der Waals surface area contributed by atoms with Gasteiger partial charge < -0.3 is 9.73 Å². The first-order chi connectivity index (χ1) is 12.6. The zero-order valence-corrected chi connectivity index (χ0v) is 13.8. The quantitative estimate of drug-likeness (QED) is 0.576. The number of amides is 1. The third-order valence-corrected chi connectivity index (χ3v) is 3.90. The maximum atomic E-state index is 12.4. The molecule has 0 saturated heterocycles. The molecule has 0 radical (unpaired) electrons. The number of carbonyl (C=O) groups excluding carboxylic acids is 1. The lowest BCUT2D eigenvalue weighted by atomic mass is 10.2. The zero-order valence-electron chi connectivity index (χ0n) is 13.8. The van der Waals surface area contributed by atoms with E-state index in [9.17, 15) is 9.59 Å². The van der Waals surface area contributed by atoms with Crippen molar-refractivity contribution in [3.05, 3.63) is 82.5 Å². The van der Waals surface area contributed by atoms with Crippen molar-refractivity contribution in [3.63, 3.8) is 0 Å². The summed E-state index contributed by atoms with van der Waals surface area (Å²) in [6.45, 7) is 2.00. The van der Waals surface area contributed by atoms with Gasteiger partial charge in [-0.1, -0.05) is 22.9 Å². The molecule has 0 bridgehead atoms. The molecule has 4 aromatic rings. The highest BCUT2D eigenvalue weighted by molar-refractivity contribution is 6.03. The molecule has 0 unspecified atom stereocenters. The van der Waals surface area contributed by atoms with Crippen LogP contribution >= 0.6 is 0 Å². The fourth-order valence-electron chi connectivity index (χ4n) is 2.54. The molecule has 0 aliphatic carbocycles. The van der Waals surface area contributed by atoms with Crippen LogP contribution in [0, 0.1) is 6.92 Å².